The van der Waals surface area contributed by atoms with Crippen molar-refractivity contribution in [2.24, 2.45) is 5.73 Å². The maximum atomic E-state index is 11.5. The molecule has 0 bridgehead atoms. The third kappa shape index (κ3) is 2.20. The summed E-state index contributed by atoms with van der Waals surface area (Å²) < 4.78 is 0. The van der Waals surface area contributed by atoms with Gasteiger partial charge in [0.05, 0.1) is 16.0 Å². The van der Waals surface area contributed by atoms with E-state index in [-0.39, 0.29) is 0 Å². The molecule has 0 radical (unpaired) electrons. The van der Waals surface area contributed by atoms with Crippen LogP contribution in [-0.2, 0) is 0 Å². The summed E-state index contributed by atoms with van der Waals surface area (Å²) in [5.74, 6) is 0.337. The number of carbonyl (C=O) groups excluding carboxylic acids is 1. The lowest BCUT2D eigenvalue weighted by atomic mass is 10.2. The molecule has 22 heavy (non-hydrogen) atoms. The molecule has 0 spiro atoms. The van der Waals surface area contributed by atoms with Gasteiger partial charge in [-0.15, -0.1) is 11.3 Å². The molecular formula is C16H16N4OS. The van der Waals surface area contributed by atoms with E-state index in [0.717, 1.165) is 22.8 Å². The first-order valence-electron chi connectivity index (χ1n) is 7.34. The predicted octanol–water partition coefficient (Wildman–Crippen LogP) is 2.81. The maximum Gasteiger partial charge on any atom is 0.250 e. The first kappa shape index (κ1) is 13.5. The number of nitrogens with one attached hydrogen (secondary N) is 2. The number of nitrogens with two attached hydrogens (primary N) is 1. The Hall–Kier alpha value is -2.18. The highest BCUT2D eigenvalue weighted by Gasteiger charge is 2.19. The number of para-hydroxylation sites is 1. The minimum Gasteiger partial charge on any atom is -0.366 e. The molecule has 1 aliphatic heterocycles. The van der Waals surface area contributed by atoms with E-state index in [9.17, 15) is 4.79 Å². The standard InChI is InChI=1S/C16H16N4OS/c17-15(21)9-3-1-4-11-14(9)20-16(19-11)13-7-6-12(22-13)10-5-2-8-18-10/h1,3-4,6-7,10,18H,2,5,8H2,(H2,17,21)(H,19,20)/t10-/m1/s1. The zero-order valence-corrected chi connectivity index (χ0v) is 12.7. The lowest BCUT2D eigenvalue weighted by Gasteiger charge is -2.05. The summed E-state index contributed by atoms with van der Waals surface area (Å²) in [4.78, 5) is 21.8. The zero-order chi connectivity index (χ0) is 15.1. The fourth-order valence-electron chi connectivity index (χ4n) is 2.94. The van der Waals surface area contributed by atoms with Gasteiger partial charge in [-0.3, -0.25) is 4.79 Å². The number of primary amides is 1. The number of thiophene rings is 1. The van der Waals surface area contributed by atoms with Crippen molar-refractivity contribution in [3.05, 3.63) is 40.8 Å². The fraction of sp³-hybridized carbons (Fsp3) is 0.250. The molecule has 1 saturated heterocycles. The van der Waals surface area contributed by atoms with Crippen LogP contribution in [0.3, 0.4) is 0 Å². The number of hydrogen-bond donors (Lipinski definition) is 3. The largest absolute Gasteiger partial charge is 0.366 e. The van der Waals surface area contributed by atoms with Crippen LogP contribution in [-0.4, -0.2) is 22.4 Å². The summed E-state index contributed by atoms with van der Waals surface area (Å²) in [6.45, 7) is 1.09. The van der Waals surface area contributed by atoms with Crippen LogP contribution in [0.4, 0.5) is 0 Å². The van der Waals surface area contributed by atoms with Gasteiger partial charge >= 0.3 is 0 Å². The highest BCUT2D eigenvalue weighted by molar-refractivity contribution is 7.15. The lowest BCUT2D eigenvalue weighted by molar-refractivity contribution is 0.100. The van der Waals surface area contributed by atoms with Crippen molar-refractivity contribution in [2.75, 3.05) is 6.54 Å². The summed E-state index contributed by atoms with van der Waals surface area (Å²) in [6.07, 6.45) is 2.41. The Morgan fingerprint density at radius 2 is 2.23 bits per heavy atom. The van der Waals surface area contributed by atoms with Gasteiger partial charge in [-0.1, -0.05) is 6.07 Å². The molecule has 2 aromatic heterocycles. The first-order valence-corrected chi connectivity index (χ1v) is 8.16. The number of rotatable bonds is 3. The summed E-state index contributed by atoms with van der Waals surface area (Å²) in [7, 11) is 0. The molecule has 5 nitrogen and oxygen atoms in total. The smallest absolute Gasteiger partial charge is 0.250 e. The third-order valence-electron chi connectivity index (χ3n) is 4.04. The Labute approximate surface area is 131 Å². The number of fused-ring (bicyclic) bond motifs is 1. The second-order valence-electron chi connectivity index (χ2n) is 5.50. The van der Waals surface area contributed by atoms with Gasteiger partial charge in [0, 0.05) is 10.9 Å². The number of aromatic amines is 1. The molecule has 6 heteroatoms. The average molecular weight is 312 g/mol. The van der Waals surface area contributed by atoms with Crippen molar-refractivity contribution in [2.45, 2.75) is 18.9 Å². The summed E-state index contributed by atoms with van der Waals surface area (Å²) in [6, 6.07) is 10.1. The minimum absolute atomic E-state index is 0.453. The van der Waals surface area contributed by atoms with Crippen LogP contribution >= 0.6 is 11.3 Å². The molecule has 1 fully saturated rings. The van der Waals surface area contributed by atoms with E-state index in [1.54, 1.807) is 17.4 Å². The van der Waals surface area contributed by atoms with E-state index in [1.165, 1.54) is 17.7 Å². The molecule has 1 atom stereocenters. The number of H-pyrrole nitrogens is 1. The summed E-state index contributed by atoms with van der Waals surface area (Å²) in [5, 5.41) is 3.51. The highest BCUT2D eigenvalue weighted by Crippen LogP contribution is 2.34. The number of carbonyl (C=O) groups is 1. The third-order valence-corrected chi connectivity index (χ3v) is 5.25. The average Bonchev–Trinajstić information content (AvgIpc) is 3.24. The molecule has 3 aromatic rings. The fourth-order valence-corrected chi connectivity index (χ4v) is 4.01. The quantitative estimate of drug-likeness (QED) is 0.695. The molecule has 0 saturated carbocycles. The number of imidazole rings is 1. The lowest BCUT2D eigenvalue weighted by Crippen LogP contribution is -2.11. The van der Waals surface area contributed by atoms with Crippen LogP contribution in [0.25, 0.3) is 21.7 Å². The topological polar surface area (TPSA) is 83.8 Å². The van der Waals surface area contributed by atoms with Gasteiger partial charge in [0.25, 0.3) is 5.91 Å². The van der Waals surface area contributed by atoms with E-state index >= 15 is 0 Å². The van der Waals surface area contributed by atoms with Gasteiger partial charge in [0.2, 0.25) is 0 Å². The van der Waals surface area contributed by atoms with Crippen molar-refractivity contribution in [1.82, 2.24) is 15.3 Å². The van der Waals surface area contributed by atoms with E-state index in [1.807, 2.05) is 12.1 Å². The van der Waals surface area contributed by atoms with Gasteiger partial charge in [-0.2, -0.15) is 0 Å². The second kappa shape index (κ2) is 5.23. The molecule has 1 amide bonds. The van der Waals surface area contributed by atoms with E-state index in [4.69, 9.17) is 5.73 Å². The minimum atomic E-state index is -0.453. The van der Waals surface area contributed by atoms with Crippen LogP contribution in [0.1, 0.15) is 34.1 Å². The Morgan fingerprint density at radius 1 is 1.32 bits per heavy atom. The van der Waals surface area contributed by atoms with Crippen LogP contribution in [0.5, 0.6) is 0 Å². The molecule has 0 aliphatic carbocycles. The molecule has 112 valence electrons. The molecule has 0 unspecified atom stereocenters. The van der Waals surface area contributed by atoms with E-state index in [2.05, 4.69) is 27.4 Å². The normalized spacial score (nSPS) is 18.1. The molecule has 4 N–H and O–H groups in total. The Kier molecular flexibility index (Phi) is 3.20. The molecular weight excluding hydrogens is 296 g/mol. The molecule has 4 rings (SSSR count). The zero-order valence-electron chi connectivity index (χ0n) is 11.9. The summed E-state index contributed by atoms with van der Waals surface area (Å²) in [5.41, 5.74) is 7.34. The van der Waals surface area contributed by atoms with Crippen molar-refractivity contribution in [3.8, 4) is 10.7 Å². The van der Waals surface area contributed by atoms with Crippen molar-refractivity contribution in [3.63, 3.8) is 0 Å². The first-order chi connectivity index (χ1) is 10.7. The Balaban J connectivity index is 1.75. The van der Waals surface area contributed by atoms with Crippen molar-refractivity contribution in [1.29, 1.82) is 0 Å². The SMILES string of the molecule is NC(=O)c1cccc2[nH]c(-c3ccc([C@H]4CCCN4)s3)nc12. The van der Waals surface area contributed by atoms with Gasteiger partial charge in [-0.25, -0.2) is 4.98 Å². The monoisotopic (exact) mass is 312 g/mol. The van der Waals surface area contributed by atoms with Gasteiger partial charge in [0.15, 0.2) is 0 Å². The Bertz CT molecular complexity index is 845. The van der Waals surface area contributed by atoms with Crippen LogP contribution in [0.15, 0.2) is 30.3 Å². The van der Waals surface area contributed by atoms with Crippen LogP contribution in [0, 0.1) is 0 Å². The van der Waals surface area contributed by atoms with Gasteiger partial charge < -0.3 is 16.0 Å². The predicted molar refractivity (Wildman–Crippen MR) is 87.9 cm³/mol. The number of aromatic nitrogens is 2. The van der Waals surface area contributed by atoms with E-state index in [0.29, 0.717) is 17.1 Å². The highest BCUT2D eigenvalue weighted by atomic mass is 32.1. The number of nitrogens with zero attached hydrogens (tertiary/aromatic N) is 1. The van der Waals surface area contributed by atoms with Gasteiger partial charge in [0.1, 0.15) is 11.3 Å². The number of hydrogen-bond acceptors (Lipinski definition) is 4. The summed E-state index contributed by atoms with van der Waals surface area (Å²) >= 11 is 1.74. The van der Waals surface area contributed by atoms with Crippen LogP contribution in [0.2, 0.25) is 0 Å². The van der Waals surface area contributed by atoms with Crippen molar-refractivity contribution >= 4 is 28.3 Å². The number of amides is 1. The molecule has 1 aromatic carbocycles. The van der Waals surface area contributed by atoms with Crippen molar-refractivity contribution < 1.29 is 4.79 Å². The number of benzene rings is 1. The van der Waals surface area contributed by atoms with Crippen LogP contribution < -0.4 is 11.1 Å². The maximum absolute atomic E-state index is 11.5. The second-order valence-corrected chi connectivity index (χ2v) is 6.62. The molecule has 3 heterocycles. The Morgan fingerprint density at radius 3 is 3.00 bits per heavy atom. The van der Waals surface area contributed by atoms with Gasteiger partial charge in [-0.05, 0) is 43.7 Å². The molecule has 1 aliphatic rings. The van der Waals surface area contributed by atoms with E-state index < -0.39 is 5.91 Å².